The molecular weight excluding hydrogens is 250 g/mol. The zero-order valence-electron chi connectivity index (χ0n) is 12.3. The summed E-state index contributed by atoms with van der Waals surface area (Å²) < 4.78 is 7.55. The SMILES string of the molecule is COc1cnn(C(C)C)c1C1CCc2ccccc2N1. The van der Waals surface area contributed by atoms with Gasteiger partial charge in [0.15, 0.2) is 5.75 Å². The van der Waals surface area contributed by atoms with Crippen molar-refractivity contribution in [1.29, 1.82) is 0 Å². The first-order valence-corrected chi connectivity index (χ1v) is 7.16. The summed E-state index contributed by atoms with van der Waals surface area (Å²) in [4.78, 5) is 0. The number of hydrogen-bond donors (Lipinski definition) is 1. The highest BCUT2D eigenvalue weighted by molar-refractivity contribution is 5.55. The lowest BCUT2D eigenvalue weighted by Gasteiger charge is -2.28. The summed E-state index contributed by atoms with van der Waals surface area (Å²) in [5.74, 6) is 0.871. The molecule has 0 saturated carbocycles. The van der Waals surface area contributed by atoms with Gasteiger partial charge < -0.3 is 10.1 Å². The summed E-state index contributed by atoms with van der Waals surface area (Å²) in [5, 5.41) is 8.10. The van der Waals surface area contributed by atoms with Gasteiger partial charge in [-0.2, -0.15) is 5.10 Å². The van der Waals surface area contributed by atoms with E-state index in [0.29, 0.717) is 6.04 Å². The summed E-state index contributed by atoms with van der Waals surface area (Å²) in [6.07, 6.45) is 3.96. The van der Waals surface area contributed by atoms with Crippen LogP contribution in [0.25, 0.3) is 0 Å². The van der Waals surface area contributed by atoms with E-state index in [4.69, 9.17) is 4.74 Å². The standard InChI is InChI=1S/C16H21N3O/c1-11(2)19-16(15(20-3)10-17-19)14-9-8-12-6-4-5-7-13(12)18-14/h4-7,10-11,14,18H,8-9H2,1-3H3. The third kappa shape index (κ3) is 2.15. The summed E-state index contributed by atoms with van der Waals surface area (Å²) >= 11 is 0. The van der Waals surface area contributed by atoms with Crippen LogP contribution < -0.4 is 10.1 Å². The fourth-order valence-electron chi connectivity index (χ4n) is 2.90. The summed E-state index contributed by atoms with van der Waals surface area (Å²) in [5.41, 5.74) is 3.76. The van der Waals surface area contributed by atoms with E-state index in [0.717, 1.165) is 24.3 Å². The average molecular weight is 271 g/mol. The molecule has 1 aliphatic rings. The molecule has 4 heteroatoms. The van der Waals surface area contributed by atoms with Gasteiger partial charge in [-0.05, 0) is 38.3 Å². The molecule has 1 atom stereocenters. The van der Waals surface area contributed by atoms with Crippen LogP contribution >= 0.6 is 0 Å². The molecule has 1 unspecified atom stereocenters. The molecule has 2 heterocycles. The van der Waals surface area contributed by atoms with Gasteiger partial charge in [-0.1, -0.05) is 18.2 Å². The molecule has 0 fully saturated rings. The fraction of sp³-hybridized carbons (Fsp3) is 0.438. The minimum absolute atomic E-state index is 0.254. The van der Waals surface area contributed by atoms with E-state index in [9.17, 15) is 0 Å². The number of benzene rings is 1. The van der Waals surface area contributed by atoms with Crippen molar-refractivity contribution in [2.24, 2.45) is 0 Å². The van der Waals surface area contributed by atoms with Gasteiger partial charge >= 0.3 is 0 Å². The number of ether oxygens (including phenoxy) is 1. The van der Waals surface area contributed by atoms with Gasteiger partial charge in [0, 0.05) is 11.7 Å². The Morgan fingerprint density at radius 2 is 2.15 bits per heavy atom. The third-order valence-electron chi connectivity index (χ3n) is 3.89. The molecule has 3 rings (SSSR count). The van der Waals surface area contributed by atoms with Crippen LogP contribution in [-0.2, 0) is 6.42 Å². The normalized spacial score (nSPS) is 17.7. The monoisotopic (exact) mass is 271 g/mol. The molecule has 2 aromatic rings. The van der Waals surface area contributed by atoms with Crippen LogP contribution in [-0.4, -0.2) is 16.9 Å². The van der Waals surface area contributed by atoms with E-state index < -0.39 is 0 Å². The quantitative estimate of drug-likeness (QED) is 0.927. The van der Waals surface area contributed by atoms with Crippen LogP contribution in [0.4, 0.5) is 5.69 Å². The number of nitrogens with zero attached hydrogens (tertiary/aromatic N) is 2. The second-order valence-electron chi connectivity index (χ2n) is 5.53. The number of fused-ring (bicyclic) bond motifs is 1. The van der Waals surface area contributed by atoms with Gasteiger partial charge in [-0.3, -0.25) is 4.68 Å². The smallest absolute Gasteiger partial charge is 0.162 e. The average Bonchev–Trinajstić information content (AvgIpc) is 2.90. The van der Waals surface area contributed by atoms with Crippen molar-refractivity contribution in [2.75, 3.05) is 12.4 Å². The van der Waals surface area contributed by atoms with Crippen molar-refractivity contribution in [2.45, 2.75) is 38.8 Å². The highest BCUT2D eigenvalue weighted by Gasteiger charge is 2.26. The molecule has 106 valence electrons. The summed E-state index contributed by atoms with van der Waals surface area (Å²) in [6.45, 7) is 4.29. The molecule has 0 bridgehead atoms. The Morgan fingerprint density at radius 3 is 2.90 bits per heavy atom. The molecule has 4 nitrogen and oxygen atoms in total. The van der Waals surface area contributed by atoms with Crippen LogP contribution in [0.5, 0.6) is 5.75 Å². The second-order valence-corrected chi connectivity index (χ2v) is 5.53. The molecule has 20 heavy (non-hydrogen) atoms. The molecule has 0 amide bonds. The van der Waals surface area contributed by atoms with Gasteiger partial charge in [-0.15, -0.1) is 0 Å². The van der Waals surface area contributed by atoms with Crippen LogP contribution in [0.3, 0.4) is 0 Å². The molecule has 0 radical (unpaired) electrons. The van der Waals surface area contributed by atoms with Crippen molar-refractivity contribution in [1.82, 2.24) is 9.78 Å². The minimum atomic E-state index is 0.254. The van der Waals surface area contributed by atoms with Crippen LogP contribution in [0, 0.1) is 0 Å². The molecule has 1 aliphatic heterocycles. The largest absolute Gasteiger partial charge is 0.493 e. The van der Waals surface area contributed by atoms with Crippen molar-refractivity contribution < 1.29 is 4.74 Å². The number of methoxy groups -OCH3 is 1. The number of anilines is 1. The summed E-state index contributed by atoms with van der Waals surface area (Å²) in [7, 11) is 1.71. The Bertz CT molecular complexity index is 604. The Kier molecular flexibility index (Phi) is 3.38. The van der Waals surface area contributed by atoms with E-state index in [1.807, 2.05) is 6.20 Å². The minimum Gasteiger partial charge on any atom is -0.493 e. The number of rotatable bonds is 3. The maximum absolute atomic E-state index is 5.49. The zero-order chi connectivity index (χ0) is 14.1. The Morgan fingerprint density at radius 1 is 1.35 bits per heavy atom. The lowest BCUT2D eigenvalue weighted by atomic mass is 9.96. The number of nitrogens with one attached hydrogen (secondary N) is 1. The molecule has 1 aromatic heterocycles. The Hall–Kier alpha value is -1.97. The van der Waals surface area contributed by atoms with Crippen molar-refractivity contribution in [3.63, 3.8) is 0 Å². The maximum atomic E-state index is 5.49. The number of aromatic nitrogens is 2. The lowest BCUT2D eigenvalue weighted by Crippen LogP contribution is -2.22. The zero-order valence-corrected chi connectivity index (χ0v) is 12.3. The fourth-order valence-corrected chi connectivity index (χ4v) is 2.90. The van der Waals surface area contributed by atoms with Crippen molar-refractivity contribution in [3.05, 3.63) is 41.7 Å². The van der Waals surface area contributed by atoms with Crippen molar-refractivity contribution >= 4 is 5.69 Å². The van der Waals surface area contributed by atoms with E-state index in [1.54, 1.807) is 7.11 Å². The predicted octanol–water partition coefficient (Wildman–Crippen LogP) is 3.57. The van der Waals surface area contributed by atoms with E-state index in [1.165, 1.54) is 11.3 Å². The first-order chi connectivity index (χ1) is 9.70. The summed E-state index contributed by atoms with van der Waals surface area (Å²) in [6, 6.07) is 9.09. The van der Waals surface area contributed by atoms with Gasteiger partial charge in [0.25, 0.3) is 0 Å². The highest BCUT2D eigenvalue weighted by Crippen LogP contribution is 2.37. The second kappa shape index (κ2) is 5.19. The first-order valence-electron chi connectivity index (χ1n) is 7.16. The molecular formula is C16H21N3O. The van der Waals surface area contributed by atoms with Gasteiger partial charge in [0.05, 0.1) is 19.3 Å². The molecule has 1 aromatic carbocycles. The lowest BCUT2D eigenvalue weighted by molar-refractivity contribution is 0.396. The van der Waals surface area contributed by atoms with E-state index >= 15 is 0 Å². The maximum Gasteiger partial charge on any atom is 0.162 e. The van der Waals surface area contributed by atoms with E-state index in [2.05, 4.69) is 53.2 Å². The van der Waals surface area contributed by atoms with Gasteiger partial charge in [0.1, 0.15) is 5.69 Å². The van der Waals surface area contributed by atoms with E-state index in [-0.39, 0.29) is 6.04 Å². The predicted molar refractivity (Wildman–Crippen MR) is 80.3 cm³/mol. The van der Waals surface area contributed by atoms with Crippen molar-refractivity contribution in [3.8, 4) is 5.75 Å². The van der Waals surface area contributed by atoms with Gasteiger partial charge in [0.2, 0.25) is 0 Å². The number of hydrogen-bond acceptors (Lipinski definition) is 3. The highest BCUT2D eigenvalue weighted by atomic mass is 16.5. The Balaban J connectivity index is 1.97. The topological polar surface area (TPSA) is 39.1 Å². The molecule has 0 saturated heterocycles. The van der Waals surface area contributed by atoms with Crippen LogP contribution in [0.1, 0.15) is 43.6 Å². The molecule has 0 aliphatic carbocycles. The number of aryl methyl sites for hydroxylation is 1. The molecule has 0 spiro atoms. The van der Waals surface area contributed by atoms with Crippen LogP contribution in [0.15, 0.2) is 30.5 Å². The Labute approximate surface area is 119 Å². The van der Waals surface area contributed by atoms with Crippen LogP contribution in [0.2, 0.25) is 0 Å². The third-order valence-corrected chi connectivity index (χ3v) is 3.89. The molecule has 1 N–H and O–H groups in total. The first kappa shape index (κ1) is 13.0. The van der Waals surface area contributed by atoms with Gasteiger partial charge in [-0.25, -0.2) is 0 Å². The number of para-hydroxylation sites is 1.